The van der Waals surface area contributed by atoms with Gasteiger partial charge in [-0.15, -0.1) is 15.3 Å². The Hall–Kier alpha value is -1.69. The van der Waals surface area contributed by atoms with Crippen molar-refractivity contribution in [2.75, 3.05) is 25.1 Å². The van der Waals surface area contributed by atoms with Crippen molar-refractivity contribution < 1.29 is 4.74 Å². The van der Waals surface area contributed by atoms with Gasteiger partial charge in [0.15, 0.2) is 11.5 Å². The van der Waals surface area contributed by atoms with E-state index in [0.717, 1.165) is 43.3 Å². The number of aromatic nitrogens is 4. The van der Waals surface area contributed by atoms with Crippen LogP contribution in [-0.4, -0.2) is 45.6 Å². The molecule has 3 heterocycles. The minimum absolute atomic E-state index is 0.0631. The van der Waals surface area contributed by atoms with E-state index in [2.05, 4.69) is 36.0 Å². The zero-order valence-corrected chi connectivity index (χ0v) is 13.5. The van der Waals surface area contributed by atoms with E-state index < -0.39 is 0 Å². The van der Waals surface area contributed by atoms with Crippen molar-refractivity contribution in [2.24, 2.45) is 5.92 Å². The third-order valence-electron chi connectivity index (χ3n) is 4.98. The molecule has 6 heteroatoms. The van der Waals surface area contributed by atoms with Crippen LogP contribution in [0.1, 0.15) is 44.9 Å². The molecule has 4 rings (SSSR count). The first-order chi connectivity index (χ1) is 10.6. The maximum atomic E-state index is 5.89. The summed E-state index contributed by atoms with van der Waals surface area (Å²) >= 11 is 0. The van der Waals surface area contributed by atoms with Crippen LogP contribution in [0.4, 0.5) is 5.82 Å². The fourth-order valence-corrected chi connectivity index (χ4v) is 3.46. The Kier molecular flexibility index (Phi) is 3.11. The molecule has 1 aliphatic carbocycles. The smallest absolute Gasteiger partial charge is 0.178 e. The van der Waals surface area contributed by atoms with E-state index in [0.29, 0.717) is 11.8 Å². The predicted octanol–water partition coefficient (Wildman–Crippen LogP) is 2.25. The molecular formula is C16H23N5O. The van der Waals surface area contributed by atoms with E-state index >= 15 is 0 Å². The summed E-state index contributed by atoms with van der Waals surface area (Å²) in [6.45, 7) is 6.15. The van der Waals surface area contributed by atoms with Crippen LogP contribution < -0.4 is 4.90 Å². The molecule has 0 N–H and O–H groups in total. The summed E-state index contributed by atoms with van der Waals surface area (Å²) in [6, 6.07) is 4.02. The second-order valence-corrected chi connectivity index (χ2v) is 7.10. The van der Waals surface area contributed by atoms with Crippen molar-refractivity contribution in [3.8, 4) is 0 Å². The molecule has 22 heavy (non-hydrogen) atoms. The largest absolute Gasteiger partial charge is 0.373 e. The Bertz CT molecular complexity index is 691. The molecule has 1 saturated heterocycles. The number of fused-ring (bicyclic) bond motifs is 1. The third-order valence-corrected chi connectivity index (χ3v) is 4.98. The SMILES string of the molecule is CC1CC1c1nnc2ccc(N(C)CC3(C)CCCO3)nn12. The fourth-order valence-electron chi connectivity index (χ4n) is 3.46. The summed E-state index contributed by atoms with van der Waals surface area (Å²) in [5, 5.41) is 13.3. The van der Waals surface area contributed by atoms with Crippen LogP contribution in [0.25, 0.3) is 5.65 Å². The van der Waals surface area contributed by atoms with Crippen molar-refractivity contribution in [2.45, 2.75) is 44.6 Å². The van der Waals surface area contributed by atoms with E-state index in [1.54, 1.807) is 0 Å². The number of hydrogen-bond donors (Lipinski definition) is 0. The Morgan fingerprint density at radius 3 is 2.91 bits per heavy atom. The minimum atomic E-state index is -0.0631. The summed E-state index contributed by atoms with van der Waals surface area (Å²) in [4.78, 5) is 2.17. The van der Waals surface area contributed by atoms with Gasteiger partial charge in [-0.25, -0.2) is 0 Å². The number of ether oxygens (including phenoxy) is 1. The predicted molar refractivity (Wildman–Crippen MR) is 84.2 cm³/mol. The highest BCUT2D eigenvalue weighted by atomic mass is 16.5. The third kappa shape index (κ3) is 2.35. The van der Waals surface area contributed by atoms with E-state index in [1.165, 1.54) is 6.42 Å². The van der Waals surface area contributed by atoms with Crippen molar-refractivity contribution >= 4 is 11.5 Å². The molecule has 2 fully saturated rings. The molecule has 2 aliphatic rings. The molecule has 2 aromatic heterocycles. The topological polar surface area (TPSA) is 55.5 Å². The number of nitrogens with zero attached hydrogens (tertiary/aromatic N) is 5. The number of likely N-dealkylation sites (N-methyl/N-ethyl adjacent to an activating group) is 1. The Labute approximate surface area is 130 Å². The lowest BCUT2D eigenvalue weighted by molar-refractivity contribution is 0.0271. The molecule has 118 valence electrons. The molecule has 0 aromatic carbocycles. The molecule has 6 nitrogen and oxygen atoms in total. The Morgan fingerprint density at radius 1 is 1.41 bits per heavy atom. The zero-order chi connectivity index (χ0) is 15.3. The summed E-state index contributed by atoms with van der Waals surface area (Å²) in [5.74, 6) is 3.15. The van der Waals surface area contributed by atoms with E-state index in [4.69, 9.17) is 9.84 Å². The van der Waals surface area contributed by atoms with Crippen LogP contribution in [0.2, 0.25) is 0 Å². The van der Waals surface area contributed by atoms with Crippen LogP contribution in [0, 0.1) is 5.92 Å². The second-order valence-electron chi connectivity index (χ2n) is 7.10. The first-order valence-corrected chi connectivity index (χ1v) is 8.13. The van der Waals surface area contributed by atoms with Gasteiger partial charge in [-0.2, -0.15) is 4.52 Å². The van der Waals surface area contributed by atoms with Crippen molar-refractivity contribution in [3.63, 3.8) is 0 Å². The van der Waals surface area contributed by atoms with Crippen molar-refractivity contribution in [3.05, 3.63) is 18.0 Å². The van der Waals surface area contributed by atoms with Gasteiger partial charge in [0.05, 0.1) is 5.60 Å². The molecule has 0 bridgehead atoms. The lowest BCUT2D eigenvalue weighted by atomic mass is 10.0. The number of hydrogen-bond acceptors (Lipinski definition) is 5. The van der Waals surface area contributed by atoms with Gasteiger partial charge >= 0.3 is 0 Å². The molecule has 0 spiro atoms. The average molecular weight is 301 g/mol. The van der Waals surface area contributed by atoms with Gasteiger partial charge in [0.25, 0.3) is 0 Å². The normalized spacial score (nSPS) is 30.9. The highest BCUT2D eigenvalue weighted by Crippen LogP contribution is 2.45. The van der Waals surface area contributed by atoms with Crippen LogP contribution >= 0.6 is 0 Å². The highest BCUT2D eigenvalue weighted by molar-refractivity contribution is 5.46. The number of anilines is 1. The highest BCUT2D eigenvalue weighted by Gasteiger charge is 2.38. The summed E-state index contributed by atoms with van der Waals surface area (Å²) < 4.78 is 7.80. The fraction of sp³-hybridized carbons (Fsp3) is 0.688. The van der Waals surface area contributed by atoms with Crippen molar-refractivity contribution in [1.82, 2.24) is 19.8 Å². The van der Waals surface area contributed by atoms with E-state index in [-0.39, 0.29) is 5.60 Å². The van der Waals surface area contributed by atoms with E-state index in [9.17, 15) is 0 Å². The maximum absolute atomic E-state index is 5.89. The van der Waals surface area contributed by atoms with Crippen LogP contribution in [-0.2, 0) is 4.74 Å². The lowest BCUT2D eigenvalue weighted by Crippen LogP contribution is -2.39. The standard InChI is InChI=1S/C16H23N5O/c1-11-9-12(11)15-18-17-13-5-6-14(19-21(13)15)20(3)10-16(2)7-4-8-22-16/h5-6,11-12H,4,7-10H2,1-3H3. The average Bonchev–Trinajstić information content (AvgIpc) is 2.89. The number of rotatable bonds is 4. The maximum Gasteiger partial charge on any atom is 0.178 e. The summed E-state index contributed by atoms with van der Waals surface area (Å²) in [5.41, 5.74) is 0.765. The van der Waals surface area contributed by atoms with Gasteiger partial charge in [-0.1, -0.05) is 6.92 Å². The molecule has 0 amide bonds. The van der Waals surface area contributed by atoms with Gasteiger partial charge in [0.1, 0.15) is 5.82 Å². The van der Waals surface area contributed by atoms with E-state index in [1.807, 2.05) is 16.6 Å². The molecule has 2 aromatic rings. The Balaban J connectivity index is 1.61. The second kappa shape index (κ2) is 4.91. The first kappa shape index (κ1) is 13.9. The molecule has 3 atom stereocenters. The van der Waals surface area contributed by atoms with Gasteiger partial charge in [-0.05, 0) is 44.2 Å². The van der Waals surface area contributed by atoms with Gasteiger partial charge in [-0.3, -0.25) is 0 Å². The Morgan fingerprint density at radius 2 is 2.23 bits per heavy atom. The first-order valence-electron chi connectivity index (χ1n) is 8.13. The van der Waals surface area contributed by atoms with Crippen LogP contribution in [0.15, 0.2) is 12.1 Å². The molecule has 1 saturated carbocycles. The van der Waals surface area contributed by atoms with Gasteiger partial charge in [0.2, 0.25) is 0 Å². The van der Waals surface area contributed by atoms with Gasteiger partial charge in [0, 0.05) is 26.1 Å². The molecule has 3 unspecified atom stereocenters. The monoisotopic (exact) mass is 301 g/mol. The lowest BCUT2D eigenvalue weighted by Gasteiger charge is -2.29. The molecular weight excluding hydrogens is 278 g/mol. The quantitative estimate of drug-likeness (QED) is 0.867. The summed E-state index contributed by atoms with van der Waals surface area (Å²) in [7, 11) is 2.07. The van der Waals surface area contributed by atoms with Crippen LogP contribution in [0.3, 0.4) is 0 Å². The van der Waals surface area contributed by atoms with Crippen LogP contribution in [0.5, 0.6) is 0 Å². The molecule has 0 radical (unpaired) electrons. The zero-order valence-electron chi connectivity index (χ0n) is 13.5. The summed E-state index contributed by atoms with van der Waals surface area (Å²) in [6.07, 6.45) is 3.44. The minimum Gasteiger partial charge on any atom is -0.373 e. The van der Waals surface area contributed by atoms with Gasteiger partial charge < -0.3 is 9.64 Å². The molecule has 1 aliphatic heterocycles. The van der Waals surface area contributed by atoms with Crippen molar-refractivity contribution in [1.29, 1.82) is 0 Å².